The zero-order valence-electron chi connectivity index (χ0n) is 23.2. The van der Waals surface area contributed by atoms with Gasteiger partial charge in [-0.05, 0) is 36.1 Å². The van der Waals surface area contributed by atoms with E-state index < -0.39 is 6.29 Å². The quantitative estimate of drug-likeness (QED) is 0.0899. The Labute approximate surface area is 244 Å². The number of anilines is 1. The second-order valence-electron chi connectivity index (χ2n) is 10.1. The number of aryl methyl sites for hydroxylation is 1. The highest BCUT2D eigenvalue weighted by Crippen LogP contribution is 2.39. The zero-order chi connectivity index (χ0) is 29.0. The Bertz CT molecular complexity index is 1250. The molecule has 0 radical (unpaired) electrons. The molecule has 41 heavy (non-hydrogen) atoms. The molecule has 3 atom stereocenters. The van der Waals surface area contributed by atoms with Crippen LogP contribution in [0.3, 0.4) is 0 Å². The molecule has 4 rings (SSSR count). The molecule has 1 aliphatic rings. The number of carbonyl (C=O) groups excluding carboxylic acids is 2. The fraction of sp³-hybridized carbons (Fsp3) is 0.433. The first kappa shape index (κ1) is 30.7. The fourth-order valence-electron chi connectivity index (χ4n) is 4.61. The summed E-state index contributed by atoms with van der Waals surface area (Å²) in [7, 11) is 1.97. The lowest BCUT2D eigenvalue weighted by molar-refractivity contribution is -0.245. The van der Waals surface area contributed by atoms with E-state index in [9.17, 15) is 14.7 Å². The van der Waals surface area contributed by atoms with Crippen molar-refractivity contribution in [3.05, 3.63) is 77.6 Å². The van der Waals surface area contributed by atoms with Crippen molar-refractivity contribution in [2.75, 3.05) is 11.1 Å². The predicted molar refractivity (Wildman–Crippen MR) is 155 cm³/mol. The minimum atomic E-state index is -0.573. The van der Waals surface area contributed by atoms with Crippen LogP contribution in [0.2, 0.25) is 0 Å². The summed E-state index contributed by atoms with van der Waals surface area (Å²) in [6.07, 6.45) is 7.32. The Balaban J connectivity index is 1.33. The largest absolute Gasteiger partial charge is 0.392 e. The number of hydroxylamine groups is 1. The van der Waals surface area contributed by atoms with Gasteiger partial charge in [0.1, 0.15) is 0 Å². The maximum absolute atomic E-state index is 12.4. The van der Waals surface area contributed by atoms with Gasteiger partial charge >= 0.3 is 0 Å². The van der Waals surface area contributed by atoms with E-state index >= 15 is 0 Å². The lowest BCUT2D eigenvalue weighted by Gasteiger charge is -2.36. The number of carbonyl (C=O) groups is 2. The third kappa shape index (κ3) is 9.40. The van der Waals surface area contributed by atoms with Gasteiger partial charge in [-0.15, -0.1) is 0 Å². The lowest BCUT2D eigenvalue weighted by Crippen LogP contribution is -2.31. The van der Waals surface area contributed by atoms with Crippen LogP contribution in [0, 0.1) is 0 Å². The molecule has 2 amide bonds. The second kappa shape index (κ2) is 15.7. The van der Waals surface area contributed by atoms with Crippen LogP contribution in [0.4, 0.5) is 5.69 Å². The Hall–Kier alpha value is -3.22. The van der Waals surface area contributed by atoms with E-state index in [1.54, 1.807) is 23.4 Å². The molecule has 1 fully saturated rings. The molecule has 0 spiro atoms. The van der Waals surface area contributed by atoms with Crippen molar-refractivity contribution in [3.63, 3.8) is 0 Å². The number of benzene rings is 2. The van der Waals surface area contributed by atoms with E-state index in [0.717, 1.165) is 46.9 Å². The summed E-state index contributed by atoms with van der Waals surface area (Å²) in [4.78, 5) is 27.8. The highest BCUT2D eigenvalue weighted by Gasteiger charge is 2.32. The first-order valence-corrected chi connectivity index (χ1v) is 14.9. The SMILES string of the molecule is Cn1ccnc1SCC1CC(c2ccc(CO)cc2)OC(c2ccc(NC(=O)CCCCCCC(=O)NO)cc2)O1. The fourth-order valence-corrected chi connectivity index (χ4v) is 5.56. The van der Waals surface area contributed by atoms with E-state index in [1.165, 1.54) is 0 Å². The number of unbranched alkanes of at least 4 members (excludes halogenated alkanes) is 3. The number of rotatable bonds is 14. The summed E-state index contributed by atoms with van der Waals surface area (Å²) in [6, 6.07) is 15.3. The van der Waals surface area contributed by atoms with E-state index in [0.29, 0.717) is 24.9 Å². The van der Waals surface area contributed by atoms with Crippen LogP contribution in [-0.2, 0) is 32.7 Å². The van der Waals surface area contributed by atoms with Gasteiger partial charge in [0, 0.05) is 55.7 Å². The molecule has 3 aromatic rings. The topological polar surface area (TPSA) is 135 Å². The average Bonchev–Trinajstić information content (AvgIpc) is 3.42. The number of aliphatic hydroxyl groups excluding tert-OH is 1. The molecule has 10 nitrogen and oxygen atoms in total. The van der Waals surface area contributed by atoms with Crippen molar-refractivity contribution in [3.8, 4) is 0 Å². The summed E-state index contributed by atoms with van der Waals surface area (Å²) in [5.41, 5.74) is 5.07. The van der Waals surface area contributed by atoms with Gasteiger partial charge in [0.15, 0.2) is 11.4 Å². The van der Waals surface area contributed by atoms with Crippen molar-refractivity contribution in [2.45, 2.75) is 75.2 Å². The molecule has 11 heteroatoms. The van der Waals surface area contributed by atoms with Crippen molar-refractivity contribution in [1.82, 2.24) is 15.0 Å². The first-order valence-electron chi connectivity index (χ1n) is 13.9. The summed E-state index contributed by atoms with van der Waals surface area (Å²) in [5.74, 6) is 0.272. The van der Waals surface area contributed by atoms with Crippen molar-refractivity contribution in [1.29, 1.82) is 0 Å². The Kier molecular flexibility index (Phi) is 11.8. The maximum atomic E-state index is 12.4. The van der Waals surface area contributed by atoms with Crippen LogP contribution in [-0.4, -0.2) is 43.5 Å². The van der Waals surface area contributed by atoms with Gasteiger partial charge in [0.25, 0.3) is 0 Å². The Morgan fingerprint density at radius 3 is 2.29 bits per heavy atom. The van der Waals surface area contributed by atoms with Crippen LogP contribution >= 0.6 is 11.8 Å². The number of thioether (sulfide) groups is 1. The van der Waals surface area contributed by atoms with Gasteiger partial charge < -0.3 is 24.5 Å². The van der Waals surface area contributed by atoms with Gasteiger partial charge in [-0.3, -0.25) is 14.8 Å². The first-order chi connectivity index (χ1) is 19.9. The van der Waals surface area contributed by atoms with E-state index in [2.05, 4.69) is 10.3 Å². The maximum Gasteiger partial charge on any atom is 0.243 e. The normalized spacial score (nSPS) is 18.7. The number of hydrogen-bond acceptors (Lipinski definition) is 8. The second-order valence-corrected chi connectivity index (χ2v) is 11.1. The van der Waals surface area contributed by atoms with E-state index in [-0.39, 0.29) is 37.0 Å². The molecule has 220 valence electrons. The molecule has 1 saturated heterocycles. The molecule has 2 aromatic carbocycles. The summed E-state index contributed by atoms with van der Waals surface area (Å²) in [5, 5.41) is 21.8. The highest BCUT2D eigenvalue weighted by molar-refractivity contribution is 7.99. The third-order valence-corrected chi connectivity index (χ3v) is 8.13. The molecular formula is C30H38N4O6S. The monoisotopic (exact) mass is 582 g/mol. The number of ether oxygens (including phenoxy) is 2. The summed E-state index contributed by atoms with van der Waals surface area (Å²) in [6.45, 7) is -0.00510. The Morgan fingerprint density at radius 2 is 1.66 bits per heavy atom. The lowest BCUT2D eigenvalue weighted by atomic mass is 10.0. The number of imidazole rings is 1. The van der Waals surface area contributed by atoms with Crippen LogP contribution in [0.5, 0.6) is 0 Å². The molecular weight excluding hydrogens is 544 g/mol. The van der Waals surface area contributed by atoms with Crippen LogP contribution in [0.25, 0.3) is 0 Å². The smallest absolute Gasteiger partial charge is 0.243 e. The minimum absolute atomic E-state index is 0.00510. The zero-order valence-corrected chi connectivity index (χ0v) is 24.0. The molecule has 4 N–H and O–H groups in total. The van der Waals surface area contributed by atoms with Crippen LogP contribution in [0.1, 0.15) is 74.0 Å². The van der Waals surface area contributed by atoms with Crippen molar-refractivity contribution < 1.29 is 29.4 Å². The molecule has 1 aromatic heterocycles. The van der Waals surface area contributed by atoms with E-state index in [1.807, 2.05) is 66.3 Å². The van der Waals surface area contributed by atoms with E-state index in [4.69, 9.17) is 14.7 Å². The van der Waals surface area contributed by atoms with Crippen molar-refractivity contribution >= 4 is 29.3 Å². The van der Waals surface area contributed by atoms with Crippen molar-refractivity contribution in [2.24, 2.45) is 7.05 Å². The number of nitrogens with one attached hydrogen (secondary N) is 2. The molecule has 0 saturated carbocycles. The molecule has 0 bridgehead atoms. The molecule has 0 aliphatic carbocycles. The van der Waals surface area contributed by atoms with Gasteiger partial charge in [-0.25, -0.2) is 10.5 Å². The summed E-state index contributed by atoms with van der Waals surface area (Å²) >= 11 is 1.65. The molecule has 2 heterocycles. The van der Waals surface area contributed by atoms with Gasteiger partial charge in [-0.2, -0.15) is 0 Å². The number of aliphatic hydroxyl groups is 1. The third-order valence-electron chi connectivity index (χ3n) is 6.94. The van der Waals surface area contributed by atoms with Gasteiger partial charge in [-0.1, -0.05) is 61.0 Å². The number of nitrogens with zero attached hydrogens (tertiary/aromatic N) is 2. The minimum Gasteiger partial charge on any atom is -0.392 e. The summed E-state index contributed by atoms with van der Waals surface area (Å²) < 4.78 is 14.8. The molecule has 1 aliphatic heterocycles. The predicted octanol–water partition coefficient (Wildman–Crippen LogP) is 5.03. The molecule has 3 unspecified atom stereocenters. The van der Waals surface area contributed by atoms with Gasteiger partial charge in [0.05, 0.1) is 18.8 Å². The number of hydrogen-bond donors (Lipinski definition) is 4. The standard InChI is InChI=1S/C30H38N4O6S/c1-34-17-16-31-30(34)41-20-25-18-26(22-10-8-21(19-35)9-11-22)40-29(39-25)23-12-14-24(15-13-23)32-27(36)6-4-2-3-5-7-28(37)33-38/h8-17,25-26,29,35,38H,2-7,18-20H2,1H3,(H,32,36)(H,33,37). The van der Waals surface area contributed by atoms with Crippen LogP contribution in [0.15, 0.2) is 66.1 Å². The number of amides is 2. The Morgan fingerprint density at radius 1 is 0.976 bits per heavy atom. The highest BCUT2D eigenvalue weighted by atomic mass is 32.2. The van der Waals surface area contributed by atoms with Crippen LogP contribution < -0.4 is 10.8 Å². The number of aromatic nitrogens is 2. The van der Waals surface area contributed by atoms with Gasteiger partial charge in [0.2, 0.25) is 11.8 Å². The average molecular weight is 583 g/mol.